The van der Waals surface area contributed by atoms with Gasteiger partial charge in [-0.05, 0) is 112 Å². The summed E-state index contributed by atoms with van der Waals surface area (Å²) in [6, 6.07) is 0. The average molecular weight is 797 g/mol. The smallest absolute Gasteiger partial charge is 0.318 e. The first-order valence-corrected chi connectivity index (χ1v) is 22.4. The van der Waals surface area contributed by atoms with Crippen molar-refractivity contribution in [3.63, 3.8) is 0 Å². The molecular weight excluding hydrogens is 728 g/mol. The molecule has 2 heterocycles. The molecule has 0 amide bonds. The summed E-state index contributed by atoms with van der Waals surface area (Å²) in [5, 5.41) is 19.7. The van der Waals surface area contributed by atoms with E-state index in [0.717, 1.165) is 70.6 Å². The molecule has 11 heteroatoms. The first-order chi connectivity index (χ1) is 27.1. The molecule has 0 aromatic carbocycles. The molecular formula is C46H68O11. The van der Waals surface area contributed by atoms with Crippen LogP contribution in [0.2, 0.25) is 0 Å². The number of carboxylic acid groups (broad SMARTS) is 2. The zero-order chi connectivity index (χ0) is 41.3. The third kappa shape index (κ3) is 8.13. The van der Waals surface area contributed by atoms with Gasteiger partial charge in [-0.2, -0.15) is 0 Å². The van der Waals surface area contributed by atoms with E-state index in [1.807, 2.05) is 6.92 Å². The van der Waals surface area contributed by atoms with E-state index in [1.54, 1.807) is 0 Å². The van der Waals surface area contributed by atoms with Crippen LogP contribution in [-0.2, 0) is 43.0 Å². The summed E-state index contributed by atoms with van der Waals surface area (Å²) in [4.78, 5) is 76.9. The van der Waals surface area contributed by atoms with Gasteiger partial charge in [-0.3, -0.25) is 28.8 Å². The summed E-state index contributed by atoms with van der Waals surface area (Å²) in [6.07, 6.45) is 17.2. The highest BCUT2D eigenvalue weighted by atomic mass is 16.6. The number of fused-ring (bicyclic) bond motifs is 2. The van der Waals surface area contributed by atoms with Crippen molar-refractivity contribution < 1.29 is 53.2 Å². The summed E-state index contributed by atoms with van der Waals surface area (Å²) in [6.45, 7) is 10.7. The van der Waals surface area contributed by atoms with E-state index in [0.29, 0.717) is 38.5 Å². The van der Waals surface area contributed by atoms with Crippen LogP contribution >= 0.6 is 0 Å². The van der Waals surface area contributed by atoms with Gasteiger partial charge in [-0.15, -0.1) is 0 Å². The number of carbonyl (C=O) groups excluding carboxylic acids is 4. The van der Waals surface area contributed by atoms with Crippen LogP contribution in [-0.4, -0.2) is 58.2 Å². The quantitative estimate of drug-likeness (QED) is 0.0523. The van der Waals surface area contributed by atoms with Crippen molar-refractivity contribution in [2.24, 2.45) is 69.5 Å². The van der Waals surface area contributed by atoms with Gasteiger partial charge in [-0.25, -0.2) is 0 Å². The van der Waals surface area contributed by atoms with Crippen LogP contribution in [0, 0.1) is 69.5 Å². The van der Waals surface area contributed by atoms with Crippen LogP contribution in [0.5, 0.6) is 0 Å². The standard InChI is InChI=1S/C46H68O11/c1-6-7-8-12-16-28(30-26-35(49)56-40(30)50)19-20-29(17-13-10-9-11-14-18-34(47)48)55-39-36(27(2)3)31-25-33-44(4)22-15-23-45(5,43(53)54)32(44)21-24-46(33,39)38-37(31)41(51)57-42(38)52/h12,16,27-33,36-39H,6-11,13-15,17-26H2,1-5H3,(H,47,48)(H,53,54)/b16-12+. The average Bonchev–Trinajstić information content (AvgIpc) is 3.66. The molecule has 57 heavy (non-hydrogen) atoms. The van der Waals surface area contributed by atoms with Crippen molar-refractivity contribution in [3.05, 3.63) is 12.2 Å². The largest absolute Gasteiger partial charge is 0.481 e. The van der Waals surface area contributed by atoms with E-state index in [2.05, 4.69) is 39.8 Å². The monoisotopic (exact) mass is 796 g/mol. The Morgan fingerprint density at radius 3 is 2.28 bits per heavy atom. The molecule has 2 saturated heterocycles. The molecule has 1 spiro atoms. The summed E-state index contributed by atoms with van der Waals surface area (Å²) >= 11 is 0. The van der Waals surface area contributed by atoms with Crippen molar-refractivity contribution in [2.45, 2.75) is 169 Å². The minimum atomic E-state index is -0.875. The van der Waals surface area contributed by atoms with E-state index in [-0.39, 0.29) is 66.0 Å². The van der Waals surface area contributed by atoms with Gasteiger partial charge in [0.1, 0.15) is 0 Å². The van der Waals surface area contributed by atoms with Gasteiger partial charge in [0, 0.05) is 11.8 Å². The second kappa shape index (κ2) is 17.6. The third-order valence-corrected chi connectivity index (χ3v) is 16.2. The Morgan fingerprint density at radius 1 is 0.877 bits per heavy atom. The molecule has 5 aliphatic carbocycles. The van der Waals surface area contributed by atoms with Crippen molar-refractivity contribution in [1.29, 1.82) is 0 Å². The predicted molar refractivity (Wildman–Crippen MR) is 210 cm³/mol. The number of ether oxygens (including phenoxy) is 3. The fourth-order valence-electron chi connectivity index (χ4n) is 13.6. The van der Waals surface area contributed by atoms with E-state index in [1.165, 1.54) is 0 Å². The van der Waals surface area contributed by atoms with Crippen LogP contribution in [0.25, 0.3) is 0 Å². The van der Waals surface area contributed by atoms with E-state index >= 15 is 0 Å². The lowest BCUT2D eigenvalue weighted by Gasteiger charge is -2.72. The number of hydrogen-bond acceptors (Lipinski definition) is 9. The minimum absolute atomic E-state index is 0.0127. The number of aliphatic carboxylic acids is 2. The minimum Gasteiger partial charge on any atom is -0.481 e. The van der Waals surface area contributed by atoms with Crippen LogP contribution < -0.4 is 0 Å². The number of allylic oxidation sites excluding steroid dienone is 2. The Morgan fingerprint density at radius 2 is 1.61 bits per heavy atom. The van der Waals surface area contributed by atoms with Gasteiger partial charge in [0.15, 0.2) is 0 Å². The molecule has 7 rings (SSSR count). The first kappa shape index (κ1) is 43.5. The summed E-state index contributed by atoms with van der Waals surface area (Å²) in [7, 11) is 0. The summed E-state index contributed by atoms with van der Waals surface area (Å²) < 4.78 is 18.2. The zero-order valence-corrected chi connectivity index (χ0v) is 35.0. The van der Waals surface area contributed by atoms with E-state index in [4.69, 9.17) is 19.3 Å². The van der Waals surface area contributed by atoms with Gasteiger partial charge >= 0.3 is 35.8 Å². The van der Waals surface area contributed by atoms with Gasteiger partial charge < -0.3 is 24.4 Å². The van der Waals surface area contributed by atoms with Gasteiger partial charge in [-0.1, -0.05) is 84.8 Å². The number of carboxylic acids is 2. The summed E-state index contributed by atoms with van der Waals surface area (Å²) in [5.41, 5.74) is -1.94. The molecule has 11 nitrogen and oxygen atoms in total. The lowest BCUT2D eigenvalue weighted by atomic mass is 9.31. The number of carbonyl (C=O) groups is 6. The number of rotatable bonds is 20. The molecule has 0 radical (unpaired) electrons. The van der Waals surface area contributed by atoms with Gasteiger partial charge in [0.2, 0.25) is 0 Å². The maximum absolute atomic E-state index is 14.1. The highest BCUT2D eigenvalue weighted by Crippen LogP contribution is 2.76. The molecule has 13 unspecified atom stereocenters. The zero-order valence-electron chi connectivity index (χ0n) is 35.0. The van der Waals surface area contributed by atoms with Gasteiger partial charge in [0.05, 0.1) is 41.8 Å². The van der Waals surface area contributed by atoms with E-state index < -0.39 is 64.4 Å². The molecule has 2 bridgehead atoms. The predicted octanol–water partition coefficient (Wildman–Crippen LogP) is 8.70. The lowest BCUT2D eigenvalue weighted by Crippen LogP contribution is -2.73. The fourth-order valence-corrected chi connectivity index (χ4v) is 13.6. The molecule has 2 N–H and O–H groups in total. The van der Waals surface area contributed by atoms with Crippen LogP contribution in [0.1, 0.15) is 157 Å². The molecule has 2 aliphatic heterocycles. The number of unbranched alkanes of at least 4 members (excludes halogenated alkanes) is 6. The second-order valence-electron chi connectivity index (χ2n) is 19.6. The first-order valence-electron chi connectivity index (χ1n) is 22.4. The third-order valence-electron chi connectivity index (χ3n) is 16.2. The van der Waals surface area contributed by atoms with Crippen molar-refractivity contribution in [2.75, 3.05) is 0 Å². The highest BCUT2D eigenvalue weighted by molar-refractivity contribution is 5.98. The SMILES string of the molecule is CCCC/C=C/C(CCC(CCCCCCCC(=O)O)OC1C(C(C)C)C2CC3C4(C)CCCC(C)(C(=O)O)C4CCC13C1C(=O)OC(=O)C21)C1CC(=O)OC1=O. The Labute approximate surface area is 338 Å². The molecule has 7 aliphatic rings. The maximum Gasteiger partial charge on any atom is 0.318 e. The number of hydrogen-bond donors (Lipinski definition) is 2. The maximum atomic E-state index is 14.1. The highest BCUT2D eigenvalue weighted by Gasteiger charge is 2.78. The Hall–Kier alpha value is -3.08. The van der Waals surface area contributed by atoms with Crippen molar-refractivity contribution in [1.82, 2.24) is 0 Å². The van der Waals surface area contributed by atoms with Crippen LogP contribution in [0.3, 0.4) is 0 Å². The molecule has 5 saturated carbocycles. The Balaban J connectivity index is 1.34. The summed E-state index contributed by atoms with van der Waals surface area (Å²) in [5.74, 6) is -5.37. The van der Waals surface area contributed by atoms with E-state index in [9.17, 15) is 33.9 Å². The number of cyclic esters (lactones) is 4. The van der Waals surface area contributed by atoms with Crippen molar-refractivity contribution in [3.8, 4) is 0 Å². The fraction of sp³-hybridized carbons (Fsp3) is 0.826. The topological polar surface area (TPSA) is 171 Å². The van der Waals surface area contributed by atoms with Crippen molar-refractivity contribution >= 4 is 35.8 Å². The lowest BCUT2D eigenvalue weighted by molar-refractivity contribution is -0.296. The normalized spacial score (nSPS) is 38.1. The molecule has 0 aromatic heterocycles. The Kier molecular flexibility index (Phi) is 13.5. The van der Waals surface area contributed by atoms with Crippen LogP contribution in [0.15, 0.2) is 12.2 Å². The van der Waals surface area contributed by atoms with Gasteiger partial charge in [0.25, 0.3) is 0 Å². The molecule has 7 fully saturated rings. The molecule has 318 valence electrons. The molecule has 0 aromatic rings. The number of esters is 4. The Bertz CT molecular complexity index is 1570. The molecule has 13 atom stereocenters. The second-order valence-corrected chi connectivity index (χ2v) is 19.6. The van der Waals surface area contributed by atoms with Crippen LogP contribution in [0.4, 0.5) is 0 Å².